The number of benzene rings is 1. The van der Waals surface area contributed by atoms with E-state index in [0.29, 0.717) is 13.1 Å². The van der Waals surface area contributed by atoms with Crippen LogP contribution in [0.25, 0.3) is 11.2 Å². The van der Waals surface area contributed by atoms with Crippen LogP contribution in [0.3, 0.4) is 0 Å². The lowest BCUT2D eigenvalue weighted by Crippen LogP contribution is -2.50. The highest BCUT2D eigenvalue weighted by atomic mass is 16.5. The van der Waals surface area contributed by atoms with Crippen LogP contribution in [0.4, 0.5) is 10.5 Å². The topological polar surface area (TPSA) is 75.5 Å². The molecule has 2 amide bonds. The van der Waals surface area contributed by atoms with Crippen LogP contribution in [-0.4, -0.2) is 70.2 Å². The Bertz CT molecular complexity index is 1010. The van der Waals surface area contributed by atoms with Gasteiger partial charge in [0, 0.05) is 63.6 Å². The summed E-state index contributed by atoms with van der Waals surface area (Å²) < 4.78 is 7.43. The van der Waals surface area contributed by atoms with Crippen molar-refractivity contribution in [2.45, 2.75) is 19.9 Å². The number of carbonyl (C=O) groups is 1. The van der Waals surface area contributed by atoms with Gasteiger partial charge in [-0.25, -0.2) is 14.8 Å². The molecule has 1 N–H and O–H groups in total. The maximum atomic E-state index is 12.6. The number of hydrogen-bond donors (Lipinski definition) is 1. The standard InChI is InChI=1S/C22H28N6O2/c1-3-20-25-19-8-5-9-23-21(19)28(20)15-12-26-10-13-27(14-11-26)22(29)24-17-6-4-7-18(16-17)30-2/h4-9,16H,3,10-15H2,1-2H3,(H,24,29). The first-order valence-electron chi connectivity index (χ1n) is 10.4. The smallest absolute Gasteiger partial charge is 0.321 e. The SMILES string of the molecule is CCc1nc2cccnc2n1CCN1CCN(C(=O)Nc2cccc(OC)c2)CC1. The minimum Gasteiger partial charge on any atom is -0.497 e. The Labute approximate surface area is 176 Å². The van der Waals surface area contributed by atoms with Gasteiger partial charge in [0.05, 0.1) is 7.11 Å². The highest BCUT2D eigenvalue weighted by Crippen LogP contribution is 2.18. The maximum absolute atomic E-state index is 12.6. The van der Waals surface area contributed by atoms with E-state index in [9.17, 15) is 4.79 Å². The first-order valence-corrected chi connectivity index (χ1v) is 10.4. The average Bonchev–Trinajstić information content (AvgIpc) is 3.16. The number of nitrogens with zero attached hydrogens (tertiary/aromatic N) is 5. The van der Waals surface area contributed by atoms with Crippen LogP contribution in [-0.2, 0) is 13.0 Å². The molecule has 0 saturated carbocycles. The Hall–Kier alpha value is -3.13. The lowest BCUT2D eigenvalue weighted by molar-refractivity contribution is 0.144. The third kappa shape index (κ3) is 4.38. The third-order valence-electron chi connectivity index (χ3n) is 5.52. The van der Waals surface area contributed by atoms with E-state index in [0.717, 1.165) is 61.0 Å². The highest BCUT2D eigenvalue weighted by Gasteiger charge is 2.21. The molecular formula is C22H28N6O2. The third-order valence-corrected chi connectivity index (χ3v) is 5.52. The van der Waals surface area contributed by atoms with Crippen LogP contribution >= 0.6 is 0 Å². The van der Waals surface area contributed by atoms with Crippen molar-refractivity contribution in [3.05, 3.63) is 48.4 Å². The van der Waals surface area contributed by atoms with Crippen LogP contribution in [0.5, 0.6) is 5.75 Å². The number of aromatic nitrogens is 3. The molecule has 0 atom stereocenters. The van der Waals surface area contributed by atoms with Crippen molar-refractivity contribution in [2.24, 2.45) is 0 Å². The van der Waals surface area contributed by atoms with Crippen LogP contribution in [0.1, 0.15) is 12.7 Å². The normalized spacial score (nSPS) is 14.8. The van der Waals surface area contributed by atoms with Gasteiger partial charge in [0.1, 0.15) is 17.1 Å². The molecule has 8 nitrogen and oxygen atoms in total. The number of aryl methyl sites for hydroxylation is 1. The number of hydrogen-bond acceptors (Lipinski definition) is 5. The predicted molar refractivity (Wildman–Crippen MR) is 117 cm³/mol. The Morgan fingerprint density at radius 1 is 1.13 bits per heavy atom. The van der Waals surface area contributed by atoms with Gasteiger partial charge in [-0.2, -0.15) is 0 Å². The Morgan fingerprint density at radius 2 is 1.97 bits per heavy atom. The Morgan fingerprint density at radius 3 is 2.73 bits per heavy atom. The van der Waals surface area contributed by atoms with Gasteiger partial charge in [-0.15, -0.1) is 0 Å². The fourth-order valence-corrected chi connectivity index (χ4v) is 3.83. The summed E-state index contributed by atoms with van der Waals surface area (Å²) in [5, 5.41) is 2.96. The van der Waals surface area contributed by atoms with Crippen LogP contribution in [0, 0.1) is 0 Å². The van der Waals surface area contributed by atoms with Crippen molar-refractivity contribution in [3.8, 4) is 5.75 Å². The van der Waals surface area contributed by atoms with Gasteiger partial charge in [-0.05, 0) is 24.3 Å². The molecular weight excluding hydrogens is 380 g/mol. The van der Waals surface area contributed by atoms with E-state index in [1.165, 1.54) is 0 Å². The molecule has 2 aromatic heterocycles. The fraction of sp³-hybridized carbons (Fsp3) is 0.409. The second-order valence-corrected chi connectivity index (χ2v) is 7.37. The molecule has 30 heavy (non-hydrogen) atoms. The summed E-state index contributed by atoms with van der Waals surface area (Å²) in [7, 11) is 1.62. The van der Waals surface area contributed by atoms with Gasteiger partial charge in [-0.1, -0.05) is 13.0 Å². The summed E-state index contributed by atoms with van der Waals surface area (Å²) in [5.41, 5.74) is 2.65. The van der Waals surface area contributed by atoms with Crippen LogP contribution < -0.4 is 10.1 Å². The van der Waals surface area contributed by atoms with Crippen LogP contribution in [0.15, 0.2) is 42.6 Å². The Kier molecular flexibility index (Phi) is 6.13. The van der Waals surface area contributed by atoms with E-state index in [4.69, 9.17) is 9.72 Å². The zero-order valence-electron chi connectivity index (χ0n) is 17.5. The molecule has 3 heterocycles. The second-order valence-electron chi connectivity index (χ2n) is 7.37. The maximum Gasteiger partial charge on any atom is 0.321 e. The zero-order chi connectivity index (χ0) is 20.9. The molecule has 0 bridgehead atoms. The van der Waals surface area contributed by atoms with Crippen molar-refractivity contribution in [2.75, 3.05) is 45.2 Å². The van der Waals surface area contributed by atoms with Crippen molar-refractivity contribution >= 4 is 22.9 Å². The number of carbonyl (C=O) groups excluding carboxylic acids is 1. The van der Waals surface area contributed by atoms with Gasteiger partial charge in [-0.3, -0.25) is 4.90 Å². The number of ether oxygens (including phenoxy) is 1. The number of fused-ring (bicyclic) bond motifs is 1. The molecule has 1 aromatic carbocycles. The number of nitrogens with one attached hydrogen (secondary N) is 1. The summed E-state index contributed by atoms with van der Waals surface area (Å²) in [5.74, 6) is 1.80. The predicted octanol–water partition coefficient (Wildman–Crippen LogP) is 2.85. The first-order chi connectivity index (χ1) is 14.7. The van der Waals surface area contributed by atoms with Gasteiger partial charge in [0.25, 0.3) is 0 Å². The van der Waals surface area contributed by atoms with E-state index in [1.807, 2.05) is 47.5 Å². The number of anilines is 1. The molecule has 0 radical (unpaired) electrons. The molecule has 3 aromatic rings. The lowest BCUT2D eigenvalue weighted by Gasteiger charge is -2.34. The molecule has 1 aliphatic heterocycles. The second kappa shape index (κ2) is 9.13. The highest BCUT2D eigenvalue weighted by molar-refractivity contribution is 5.89. The first kappa shape index (κ1) is 20.2. The van der Waals surface area contributed by atoms with E-state index in [2.05, 4.69) is 26.7 Å². The quantitative estimate of drug-likeness (QED) is 0.679. The minimum atomic E-state index is -0.0685. The van der Waals surface area contributed by atoms with Crippen molar-refractivity contribution in [3.63, 3.8) is 0 Å². The molecule has 0 aliphatic carbocycles. The Balaban J connectivity index is 1.30. The number of rotatable bonds is 6. The lowest BCUT2D eigenvalue weighted by atomic mass is 10.3. The molecule has 0 unspecified atom stereocenters. The fourth-order valence-electron chi connectivity index (χ4n) is 3.83. The number of amides is 2. The van der Waals surface area contributed by atoms with Crippen molar-refractivity contribution < 1.29 is 9.53 Å². The van der Waals surface area contributed by atoms with E-state index in [1.54, 1.807) is 7.11 Å². The molecule has 1 fully saturated rings. The van der Waals surface area contributed by atoms with Gasteiger partial charge >= 0.3 is 6.03 Å². The number of urea groups is 1. The summed E-state index contributed by atoms with van der Waals surface area (Å²) in [6.45, 7) is 7.02. The monoisotopic (exact) mass is 408 g/mol. The molecule has 158 valence electrons. The number of methoxy groups -OCH3 is 1. The largest absolute Gasteiger partial charge is 0.497 e. The van der Waals surface area contributed by atoms with E-state index < -0.39 is 0 Å². The number of pyridine rings is 1. The van der Waals surface area contributed by atoms with E-state index in [-0.39, 0.29) is 6.03 Å². The number of imidazole rings is 1. The molecule has 1 saturated heterocycles. The molecule has 1 aliphatic rings. The van der Waals surface area contributed by atoms with Gasteiger partial charge < -0.3 is 19.5 Å². The summed E-state index contributed by atoms with van der Waals surface area (Å²) in [6.07, 6.45) is 2.70. The molecule has 0 spiro atoms. The van der Waals surface area contributed by atoms with Crippen LogP contribution in [0.2, 0.25) is 0 Å². The average molecular weight is 409 g/mol. The summed E-state index contributed by atoms with van der Waals surface area (Å²) >= 11 is 0. The summed E-state index contributed by atoms with van der Waals surface area (Å²) in [4.78, 5) is 26.0. The minimum absolute atomic E-state index is 0.0685. The van der Waals surface area contributed by atoms with Crippen molar-refractivity contribution in [1.29, 1.82) is 0 Å². The van der Waals surface area contributed by atoms with Gasteiger partial charge in [0.2, 0.25) is 0 Å². The molecule has 4 rings (SSSR count). The summed E-state index contributed by atoms with van der Waals surface area (Å²) in [6, 6.07) is 11.3. The van der Waals surface area contributed by atoms with Crippen molar-refractivity contribution in [1.82, 2.24) is 24.3 Å². The van der Waals surface area contributed by atoms with Gasteiger partial charge in [0.15, 0.2) is 5.65 Å². The number of piperazine rings is 1. The zero-order valence-corrected chi connectivity index (χ0v) is 17.5. The molecule has 8 heteroatoms. The van der Waals surface area contributed by atoms with E-state index >= 15 is 0 Å².